The standard InChI is InChI=1S/C32H32N8O3/c1-31(2,3)24-17-25(40(39-24)19-11-7-6-8-12-19)37-30(42)36-23-16-15-22(20-13-9-10-14-21(20)23)35-27-26-28(34-18-33-27)38-29(41)32(4,5)43-26/h6-18H,1-5H3,(H2,36,37,42)(H2,33,34,35,38,41). The summed E-state index contributed by atoms with van der Waals surface area (Å²) < 4.78 is 7.71. The Balaban J connectivity index is 1.29. The van der Waals surface area contributed by atoms with E-state index in [1.807, 2.05) is 72.8 Å². The Labute approximate surface area is 248 Å². The number of fused-ring (bicyclic) bond motifs is 2. The lowest BCUT2D eigenvalue weighted by atomic mass is 9.92. The molecule has 0 aliphatic carbocycles. The van der Waals surface area contributed by atoms with E-state index >= 15 is 0 Å². The van der Waals surface area contributed by atoms with Crippen molar-refractivity contribution in [3.05, 3.63) is 84.8 Å². The van der Waals surface area contributed by atoms with E-state index in [2.05, 4.69) is 52.0 Å². The van der Waals surface area contributed by atoms with Crippen LogP contribution in [0.25, 0.3) is 16.5 Å². The lowest BCUT2D eigenvalue weighted by Crippen LogP contribution is -2.46. The molecule has 6 rings (SSSR count). The molecule has 0 bridgehead atoms. The zero-order valence-electron chi connectivity index (χ0n) is 24.5. The summed E-state index contributed by atoms with van der Waals surface area (Å²) in [7, 11) is 0. The van der Waals surface area contributed by atoms with Crippen molar-refractivity contribution >= 4 is 51.5 Å². The highest BCUT2D eigenvalue weighted by Gasteiger charge is 2.38. The minimum absolute atomic E-state index is 0.207. The Kier molecular flexibility index (Phi) is 6.72. The number of carbonyl (C=O) groups is 2. The predicted molar refractivity (Wildman–Crippen MR) is 168 cm³/mol. The third-order valence-electron chi connectivity index (χ3n) is 7.09. The summed E-state index contributed by atoms with van der Waals surface area (Å²) in [6.45, 7) is 9.60. The van der Waals surface area contributed by atoms with Crippen LogP contribution in [0.15, 0.2) is 79.1 Å². The molecular formula is C32H32N8O3. The van der Waals surface area contributed by atoms with Crippen LogP contribution in [0.1, 0.15) is 40.3 Å². The highest BCUT2D eigenvalue weighted by atomic mass is 16.5. The lowest BCUT2D eigenvalue weighted by Gasteiger charge is -2.31. The van der Waals surface area contributed by atoms with Gasteiger partial charge in [0, 0.05) is 27.9 Å². The molecule has 1 aliphatic rings. The molecule has 0 fully saturated rings. The van der Waals surface area contributed by atoms with Crippen molar-refractivity contribution in [1.29, 1.82) is 0 Å². The molecule has 2 aromatic heterocycles. The van der Waals surface area contributed by atoms with E-state index in [1.165, 1.54) is 6.33 Å². The fourth-order valence-electron chi connectivity index (χ4n) is 4.73. The maximum absolute atomic E-state index is 13.3. The molecule has 0 saturated carbocycles. The molecule has 3 heterocycles. The van der Waals surface area contributed by atoms with E-state index in [-0.39, 0.29) is 11.3 Å². The molecule has 218 valence electrons. The highest BCUT2D eigenvalue weighted by molar-refractivity contribution is 6.09. The summed E-state index contributed by atoms with van der Waals surface area (Å²) in [5, 5.41) is 18.5. The van der Waals surface area contributed by atoms with Gasteiger partial charge in [0.15, 0.2) is 17.2 Å². The first-order chi connectivity index (χ1) is 20.5. The number of anilines is 5. The average Bonchev–Trinajstić information content (AvgIpc) is 3.40. The van der Waals surface area contributed by atoms with Crippen LogP contribution >= 0.6 is 0 Å². The zero-order chi connectivity index (χ0) is 30.4. The van der Waals surface area contributed by atoms with Crippen LogP contribution in [0.4, 0.5) is 33.6 Å². The second-order valence-corrected chi connectivity index (χ2v) is 11.8. The van der Waals surface area contributed by atoms with Crippen molar-refractivity contribution in [3.8, 4) is 11.4 Å². The van der Waals surface area contributed by atoms with Crippen LogP contribution in [0.3, 0.4) is 0 Å². The molecule has 43 heavy (non-hydrogen) atoms. The quantitative estimate of drug-likeness (QED) is 0.185. The van der Waals surface area contributed by atoms with Gasteiger partial charge in [0.2, 0.25) is 5.75 Å². The first-order valence-corrected chi connectivity index (χ1v) is 13.9. The fourth-order valence-corrected chi connectivity index (χ4v) is 4.73. The van der Waals surface area contributed by atoms with E-state index < -0.39 is 11.6 Å². The number of amides is 3. The van der Waals surface area contributed by atoms with Crippen LogP contribution in [0.5, 0.6) is 5.75 Å². The van der Waals surface area contributed by atoms with E-state index in [1.54, 1.807) is 18.5 Å². The molecule has 0 spiro atoms. The molecule has 11 nitrogen and oxygen atoms in total. The predicted octanol–water partition coefficient (Wildman–Crippen LogP) is 6.61. The highest BCUT2D eigenvalue weighted by Crippen LogP contribution is 2.40. The summed E-state index contributed by atoms with van der Waals surface area (Å²) in [6, 6.07) is 22.5. The van der Waals surface area contributed by atoms with Crippen molar-refractivity contribution in [2.24, 2.45) is 0 Å². The molecule has 1 aliphatic heterocycles. The molecule has 0 unspecified atom stereocenters. The van der Waals surface area contributed by atoms with Crippen LogP contribution in [-0.2, 0) is 10.2 Å². The second-order valence-electron chi connectivity index (χ2n) is 11.8. The number of nitrogens with zero attached hydrogens (tertiary/aromatic N) is 4. The first kappa shape index (κ1) is 27.7. The van der Waals surface area contributed by atoms with Crippen molar-refractivity contribution in [3.63, 3.8) is 0 Å². The van der Waals surface area contributed by atoms with Crippen molar-refractivity contribution in [2.75, 3.05) is 21.3 Å². The number of hydrogen-bond acceptors (Lipinski definition) is 7. The molecular weight excluding hydrogens is 544 g/mol. The summed E-state index contributed by atoms with van der Waals surface area (Å²) in [4.78, 5) is 34.2. The molecule has 0 saturated heterocycles. The summed E-state index contributed by atoms with van der Waals surface area (Å²) in [6.07, 6.45) is 1.36. The van der Waals surface area contributed by atoms with E-state index in [0.29, 0.717) is 28.9 Å². The Morgan fingerprint density at radius 2 is 1.58 bits per heavy atom. The van der Waals surface area contributed by atoms with Gasteiger partial charge in [-0.3, -0.25) is 10.1 Å². The van der Waals surface area contributed by atoms with Crippen LogP contribution < -0.4 is 26.0 Å². The molecule has 4 N–H and O–H groups in total. The molecule has 0 atom stereocenters. The smallest absolute Gasteiger partial charge is 0.324 e. The SMILES string of the molecule is CC1(C)Oc2c(ncnc2Nc2ccc(NC(=O)Nc3cc(C(C)(C)C)nn3-c3ccccc3)c3ccccc23)NC1=O. The molecule has 5 aromatic rings. The van der Waals surface area contributed by atoms with Gasteiger partial charge in [-0.05, 0) is 38.1 Å². The maximum Gasteiger partial charge on any atom is 0.324 e. The average molecular weight is 577 g/mol. The van der Waals surface area contributed by atoms with E-state index in [9.17, 15) is 9.59 Å². The van der Waals surface area contributed by atoms with E-state index in [0.717, 1.165) is 27.8 Å². The van der Waals surface area contributed by atoms with Crippen LogP contribution in [0.2, 0.25) is 0 Å². The molecule has 3 aromatic carbocycles. The Morgan fingerprint density at radius 1 is 0.907 bits per heavy atom. The maximum atomic E-state index is 13.3. The number of carbonyl (C=O) groups excluding carboxylic acids is 2. The first-order valence-electron chi connectivity index (χ1n) is 13.9. The number of para-hydroxylation sites is 1. The van der Waals surface area contributed by atoms with Gasteiger partial charge in [-0.1, -0.05) is 63.2 Å². The third-order valence-corrected chi connectivity index (χ3v) is 7.09. The summed E-state index contributed by atoms with van der Waals surface area (Å²) in [5.74, 6) is 1.32. The number of benzene rings is 3. The van der Waals surface area contributed by atoms with Crippen LogP contribution in [-0.4, -0.2) is 37.3 Å². The van der Waals surface area contributed by atoms with Gasteiger partial charge < -0.3 is 20.7 Å². The number of hydrogen-bond donors (Lipinski definition) is 4. The van der Waals surface area contributed by atoms with Crippen LogP contribution in [0, 0.1) is 0 Å². The molecule has 3 amide bonds. The van der Waals surface area contributed by atoms with Gasteiger partial charge in [-0.15, -0.1) is 0 Å². The van der Waals surface area contributed by atoms with Gasteiger partial charge in [0.05, 0.1) is 17.1 Å². The largest absolute Gasteiger partial charge is 0.470 e. The van der Waals surface area contributed by atoms with Crippen molar-refractivity contribution in [1.82, 2.24) is 19.7 Å². The van der Waals surface area contributed by atoms with Gasteiger partial charge >= 0.3 is 6.03 Å². The van der Waals surface area contributed by atoms with Gasteiger partial charge in [0.25, 0.3) is 5.91 Å². The monoisotopic (exact) mass is 576 g/mol. The number of rotatable bonds is 5. The number of ether oxygens (including phenoxy) is 1. The second kappa shape index (κ2) is 10.4. The number of urea groups is 1. The normalized spacial score (nSPS) is 13.9. The third kappa shape index (κ3) is 5.44. The molecule has 11 heteroatoms. The number of nitrogens with one attached hydrogen (secondary N) is 4. The Bertz CT molecular complexity index is 1860. The van der Waals surface area contributed by atoms with Crippen molar-refractivity contribution < 1.29 is 14.3 Å². The molecule has 0 radical (unpaired) electrons. The topological polar surface area (TPSA) is 135 Å². The van der Waals surface area contributed by atoms with Gasteiger partial charge in [0.1, 0.15) is 12.1 Å². The Morgan fingerprint density at radius 3 is 2.30 bits per heavy atom. The van der Waals surface area contributed by atoms with Gasteiger partial charge in [-0.2, -0.15) is 5.10 Å². The Hall–Kier alpha value is -5.45. The number of aromatic nitrogens is 4. The van der Waals surface area contributed by atoms with Gasteiger partial charge in [-0.25, -0.2) is 19.4 Å². The van der Waals surface area contributed by atoms with E-state index in [4.69, 9.17) is 9.84 Å². The van der Waals surface area contributed by atoms with Crippen molar-refractivity contribution in [2.45, 2.75) is 45.6 Å². The summed E-state index contributed by atoms with van der Waals surface area (Å²) >= 11 is 0. The minimum atomic E-state index is -1.08. The fraction of sp³-hybridized carbons (Fsp3) is 0.219. The zero-order valence-corrected chi connectivity index (χ0v) is 24.5. The minimum Gasteiger partial charge on any atom is -0.470 e. The lowest BCUT2D eigenvalue weighted by molar-refractivity contribution is -0.129. The summed E-state index contributed by atoms with van der Waals surface area (Å²) in [5.41, 5.74) is 1.76.